The van der Waals surface area contributed by atoms with Crippen molar-refractivity contribution in [3.8, 4) is 0 Å². The summed E-state index contributed by atoms with van der Waals surface area (Å²) in [7, 11) is 0. The minimum absolute atomic E-state index is 0.309. The van der Waals surface area contributed by atoms with Crippen LogP contribution >= 0.6 is 15.9 Å². The summed E-state index contributed by atoms with van der Waals surface area (Å²) in [6, 6.07) is 6.35. The van der Waals surface area contributed by atoms with E-state index in [4.69, 9.17) is 10.2 Å². The van der Waals surface area contributed by atoms with Gasteiger partial charge in [0.05, 0.1) is 10.5 Å². The highest BCUT2D eigenvalue weighted by atomic mass is 79.9. The number of benzene rings is 1. The van der Waals surface area contributed by atoms with Gasteiger partial charge in [0.15, 0.2) is 0 Å². The first kappa shape index (κ1) is 12.3. The van der Waals surface area contributed by atoms with Gasteiger partial charge in [-0.2, -0.15) is 0 Å². The van der Waals surface area contributed by atoms with Crippen molar-refractivity contribution in [3.05, 3.63) is 57.2 Å². The maximum Gasteiger partial charge on any atom is 0.137 e. The normalized spacial score (nSPS) is 12.8. The van der Waals surface area contributed by atoms with Gasteiger partial charge in [-0.1, -0.05) is 12.1 Å². The molecule has 0 saturated carbocycles. The Morgan fingerprint density at radius 3 is 2.59 bits per heavy atom. The van der Waals surface area contributed by atoms with Gasteiger partial charge in [-0.15, -0.1) is 0 Å². The second-order valence-electron chi connectivity index (χ2n) is 3.99. The fourth-order valence-electron chi connectivity index (χ4n) is 1.89. The van der Waals surface area contributed by atoms with Crippen LogP contribution in [-0.4, -0.2) is 0 Å². The molecule has 90 valence electrons. The Labute approximate surface area is 108 Å². The Bertz CT molecular complexity index is 550. The third-order valence-electron chi connectivity index (χ3n) is 2.73. The van der Waals surface area contributed by atoms with Gasteiger partial charge >= 0.3 is 0 Å². The molecule has 0 fully saturated rings. The Morgan fingerprint density at radius 2 is 2.00 bits per heavy atom. The average molecular weight is 298 g/mol. The summed E-state index contributed by atoms with van der Waals surface area (Å²) in [5.41, 5.74) is 7.74. The summed E-state index contributed by atoms with van der Waals surface area (Å²) in [5, 5.41) is 0. The maximum atomic E-state index is 13.4. The third-order valence-corrected chi connectivity index (χ3v) is 3.57. The molecule has 1 atom stereocenters. The predicted molar refractivity (Wildman–Crippen MR) is 68.3 cm³/mol. The molecule has 4 heteroatoms. The van der Waals surface area contributed by atoms with E-state index in [1.54, 1.807) is 12.1 Å². The second-order valence-corrected chi connectivity index (χ2v) is 4.78. The van der Waals surface area contributed by atoms with Crippen molar-refractivity contribution in [2.75, 3.05) is 0 Å². The third kappa shape index (κ3) is 2.28. The molecular formula is C13H13BrFNO. The summed E-state index contributed by atoms with van der Waals surface area (Å²) in [6.07, 6.45) is 0. The molecule has 0 bridgehead atoms. The van der Waals surface area contributed by atoms with Gasteiger partial charge in [-0.25, -0.2) is 4.39 Å². The first-order chi connectivity index (χ1) is 8.00. The Balaban J connectivity index is 2.47. The first-order valence-electron chi connectivity index (χ1n) is 5.27. The van der Waals surface area contributed by atoms with E-state index in [9.17, 15) is 4.39 Å². The van der Waals surface area contributed by atoms with Gasteiger partial charge < -0.3 is 10.2 Å². The Morgan fingerprint density at radius 1 is 1.29 bits per heavy atom. The fraction of sp³-hybridized carbons (Fsp3) is 0.231. The molecule has 0 aliphatic carbocycles. The minimum Gasteiger partial charge on any atom is -0.466 e. The zero-order chi connectivity index (χ0) is 12.6. The molecule has 2 aromatic rings. The van der Waals surface area contributed by atoms with Crippen LogP contribution in [0, 0.1) is 19.7 Å². The maximum absolute atomic E-state index is 13.4. The largest absolute Gasteiger partial charge is 0.466 e. The van der Waals surface area contributed by atoms with Crippen LogP contribution in [-0.2, 0) is 0 Å². The first-order valence-corrected chi connectivity index (χ1v) is 6.06. The van der Waals surface area contributed by atoms with Crippen LogP contribution in [0.15, 0.2) is 33.2 Å². The molecule has 1 aromatic carbocycles. The quantitative estimate of drug-likeness (QED) is 0.914. The molecule has 2 rings (SSSR count). The van der Waals surface area contributed by atoms with Crippen molar-refractivity contribution in [1.82, 2.24) is 0 Å². The van der Waals surface area contributed by atoms with E-state index in [-0.39, 0.29) is 5.82 Å². The molecule has 2 N–H and O–H groups in total. The lowest BCUT2D eigenvalue weighted by molar-refractivity contribution is 0.499. The number of halogens is 2. The number of furan rings is 1. The topological polar surface area (TPSA) is 39.2 Å². The van der Waals surface area contributed by atoms with Crippen LogP contribution in [0.1, 0.15) is 28.7 Å². The highest BCUT2D eigenvalue weighted by Crippen LogP contribution is 2.31. The summed E-state index contributed by atoms with van der Waals surface area (Å²) in [5.74, 6) is 1.27. The number of hydrogen-bond donors (Lipinski definition) is 1. The molecule has 1 heterocycles. The zero-order valence-electron chi connectivity index (χ0n) is 9.63. The van der Waals surface area contributed by atoms with E-state index in [0.717, 1.165) is 17.1 Å². The molecule has 1 aromatic heterocycles. The fourth-order valence-corrected chi connectivity index (χ4v) is 2.40. The highest BCUT2D eigenvalue weighted by molar-refractivity contribution is 9.10. The number of nitrogens with two attached hydrogens (primary N) is 1. The predicted octanol–water partition coefficient (Wildman–Crippen LogP) is 3.85. The van der Waals surface area contributed by atoms with Crippen molar-refractivity contribution in [2.24, 2.45) is 5.73 Å². The minimum atomic E-state index is -0.391. The standard InChI is InChI=1S/C13H13BrFNO/c1-7-6-10(8(2)17-7)13(16)9-4-3-5-11(15)12(9)14/h3-6,13H,16H2,1-2H3. The van der Waals surface area contributed by atoms with Crippen LogP contribution in [0.5, 0.6) is 0 Å². The summed E-state index contributed by atoms with van der Waals surface area (Å²) in [6.45, 7) is 3.72. The Kier molecular flexibility index (Phi) is 3.35. The van der Waals surface area contributed by atoms with E-state index in [1.807, 2.05) is 19.9 Å². The van der Waals surface area contributed by atoms with Gasteiger partial charge in [0.25, 0.3) is 0 Å². The molecule has 0 aliphatic heterocycles. The zero-order valence-corrected chi connectivity index (χ0v) is 11.2. The van der Waals surface area contributed by atoms with Crippen molar-refractivity contribution in [2.45, 2.75) is 19.9 Å². The van der Waals surface area contributed by atoms with Gasteiger partial charge in [-0.05, 0) is 47.5 Å². The second kappa shape index (κ2) is 4.63. The molecule has 0 saturated heterocycles. The molecule has 1 unspecified atom stereocenters. The Hall–Kier alpha value is -1.13. The van der Waals surface area contributed by atoms with Crippen LogP contribution in [0.4, 0.5) is 4.39 Å². The molecule has 0 amide bonds. The van der Waals surface area contributed by atoms with Crippen molar-refractivity contribution >= 4 is 15.9 Å². The molecule has 2 nitrogen and oxygen atoms in total. The molecule has 17 heavy (non-hydrogen) atoms. The number of hydrogen-bond acceptors (Lipinski definition) is 2. The van der Waals surface area contributed by atoms with Crippen molar-refractivity contribution in [1.29, 1.82) is 0 Å². The highest BCUT2D eigenvalue weighted by Gasteiger charge is 2.18. The van der Waals surface area contributed by atoms with Crippen LogP contribution in [0.2, 0.25) is 0 Å². The molecular weight excluding hydrogens is 285 g/mol. The number of rotatable bonds is 2. The van der Waals surface area contributed by atoms with E-state index in [2.05, 4.69) is 15.9 Å². The van der Waals surface area contributed by atoms with Gasteiger partial charge in [-0.3, -0.25) is 0 Å². The van der Waals surface area contributed by atoms with E-state index >= 15 is 0 Å². The lowest BCUT2D eigenvalue weighted by atomic mass is 10.00. The summed E-state index contributed by atoms with van der Waals surface area (Å²) >= 11 is 3.22. The van der Waals surface area contributed by atoms with Crippen LogP contribution < -0.4 is 5.73 Å². The van der Waals surface area contributed by atoms with E-state index in [1.165, 1.54) is 6.07 Å². The SMILES string of the molecule is Cc1cc(C(N)c2cccc(F)c2Br)c(C)o1. The smallest absolute Gasteiger partial charge is 0.137 e. The lowest BCUT2D eigenvalue weighted by Gasteiger charge is -2.13. The van der Waals surface area contributed by atoms with Crippen LogP contribution in [0.3, 0.4) is 0 Å². The number of aryl methyl sites for hydroxylation is 2. The molecule has 0 aliphatic rings. The summed E-state index contributed by atoms with van der Waals surface area (Å²) in [4.78, 5) is 0. The van der Waals surface area contributed by atoms with Gasteiger partial charge in [0, 0.05) is 5.56 Å². The lowest BCUT2D eigenvalue weighted by Crippen LogP contribution is -2.13. The van der Waals surface area contributed by atoms with E-state index in [0.29, 0.717) is 10.0 Å². The van der Waals surface area contributed by atoms with Crippen molar-refractivity contribution in [3.63, 3.8) is 0 Å². The van der Waals surface area contributed by atoms with Gasteiger partial charge in [0.2, 0.25) is 0 Å². The molecule has 0 radical (unpaired) electrons. The van der Waals surface area contributed by atoms with Crippen molar-refractivity contribution < 1.29 is 8.81 Å². The van der Waals surface area contributed by atoms with Gasteiger partial charge in [0.1, 0.15) is 17.3 Å². The van der Waals surface area contributed by atoms with Crippen LogP contribution in [0.25, 0.3) is 0 Å². The molecule has 0 spiro atoms. The van der Waals surface area contributed by atoms with E-state index < -0.39 is 6.04 Å². The average Bonchev–Trinajstić information content (AvgIpc) is 2.61. The monoisotopic (exact) mass is 297 g/mol. The summed E-state index contributed by atoms with van der Waals surface area (Å²) < 4.78 is 19.3.